The van der Waals surface area contributed by atoms with E-state index in [0.29, 0.717) is 33.7 Å². The van der Waals surface area contributed by atoms with Gasteiger partial charge < -0.3 is 19.1 Å². The summed E-state index contributed by atoms with van der Waals surface area (Å²) in [4.78, 5) is 14.2. The lowest BCUT2D eigenvalue weighted by atomic mass is 9.98. The third kappa shape index (κ3) is 5.00. The first kappa shape index (κ1) is 20.6. The van der Waals surface area contributed by atoms with Crippen LogP contribution in [0.25, 0.3) is 0 Å². The van der Waals surface area contributed by atoms with Gasteiger partial charge in [-0.3, -0.25) is 4.79 Å². The van der Waals surface area contributed by atoms with E-state index < -0.39 is 0 Å². The lowest BCUT2D eigenvalue weighted by Crippen LogP contribution is -2.28. The molecule has 0 bridgehead atoms. The molecule has 0 unspecified atom stereocenters. The predicted octanol–water partition coefficient (Wildman–Crippen LogP) is 5.70. The van der Waals surface area contributed by atoms with E-state index in [1.165, 1.54) is 6.92 Å². The van der Waals surface area contributed by atoms with Crippen LogP contribution in [0.1, 0.15) is 12.5 Å². The van der Waals surface area contributed by atoms with Gasteiger partial charge in [-0.1, -0.05) is 29.8 Å². The molecule has 0 N–H and O–H groups in total. The molecule has 0 aliphatic heterocycles. The van der Waals surface area contributed by atoms with Gasteiger partial charge in [-0.2, -0.15) is 0 Å². The molecule has 0 heterocycles. The van der Waals surface area contributed by atoms with Crippen molar-refractivity contribution < 1.29 is 19.0 Å². The molecule has 0 aromatic heterocycles. The van der Waals surface area contributed by atoms with E-state index in [2.05, 4.69) is 0 Å². The van der Waals surface area contributed by atoms with Gasteiger partial charge in [-0.15, -0.1) is 0 Å². The molecule has 3 rings (SSSR count). The zero-order valence-electron chi connectivity index (χ0n) is 16.5. The number of hydrogen-bond donors (Lipinski definition) is 0. The van der Waals surface area contributed by atoms with Gasteiger partial charge in [0.1, 0.15) is 17.2 Å². The average Bonchev–Trinajstić information content (AvgIpc) is 2.73. The van der Waals surface area contributed by atoms with Crippen LogP contribution in [0.5, 0.6) is 23.0 Å². The molecule has 1 amide bonds. The molecule has 29 heavy (non-hydrogen) atoms. The summed E-state index contributed by atoms with van der Waals surface area (Å²) < 4.78 is 16.8. The Kier molecular flexibility index (Phi) is 6.62. The minimum absolute atomic E-state index is 0.157. The summed E-state index contributed by atoms with van der Waals surface area (Å²) in [5.74, 6) is 2.37. The molecule has 150 valence electrons. The number of hydrogen-bond acceptors (Lipinski definition) is 4. The molecular formula is C23H22ClNO4. The lowest BCUT2D eigenvalue weighted by Gasteiger charge is -2.25. The minimum Gasteiger partial charge on any atom is -0.497 e. The van der Waals surface area contributed by atoms with Crippen molar-refractivity contribution in [3.63, 3.8) is 0 Å². The number of nitrogens with zero attached hydrogens (tertiary/aromatic N) is 1. The maximum atomic E-state index is 12.6. The number of amides is 1. The van der Waals surface area contributed by atoms with Crippen LogP contribution < -0.4 is 19.1 Å². The third-order valence-corrected chi connectivity index (χ3v) is 4.61. The van der Waals surface area contributed by atoms with Crippen LogP contribution in [0.15, 0.2) is 66.7 Å². The summed E-state index contributed by atoms with van der Waals surface area (Å²) in [6.45, 7) is 1.76. The summed E-state index contributed by atoms with van der Waals surface area (Å²) >= 11 is 6.24. The van der Waals surface area contributed by atoms with Crippen molar-refractivity contribution in [1.29, 1.82) is 0 Å². The van der Waals surface area contributed by atoms with E-state index in [9.17, 15) is 4.79 Å². The molecule has 3 aromatic carbocycles. The van der Waals surface area contributed by atoms with Gasteiger partial charge in [0.05, 0.1) is 26.5 Å². The van der Waals surface area contributed by atoms with E-state index in [-0.39, 0.29) is 12.5 Å². The lowest BCUT2D eigenvalue weighted by molar-refractivity contribution is -0.116. The van der Waals surface area contributed by atoms with E-state index >= 15 is 0 Å². The molecule has 0 aliphatic carbocycles. The van der Waals surface area contributed by atoms with Crippen LogP contribution in [0.4, 0.5) is 5.69 Å². The summed E-state index contributed by atoms with van der Waals surface area (Å²) in [7, 11) is 3.18. The Hall–Kier alpha value is -3.18. The number of carbonyl (C=O) groups excluding carboxylic acids is 1. The number of methoxy groups -OCH3 is 2. The highest BCUT2D eigenvalue weighted by atomic mass is 35.5. The number of carbonyl (C=O) groups is 1. The fourth-order valence-corrected chi connectivity index (χ4v) is 3.11. The Morgan fingerprint density at radius 3 is 2.28 bits per heavy atom. The Labute approximate surface area is 175 Å². The van der Waals surface area contributed by atoms with Gasteiger partial charge >= 0.3 is 0 Å². The van der Waals surface area contributed by atoms with Crippen LogP contribution in [0, 0.1) is 0 Å². The van der Waals surface area contributed by atoms with Crippen molar-refractivity contribution in [3.8, 4) is 23.0 Å². The fraction of sp³-hybridized carbons (Fsp3) is 0.174. The van der Waals surface area contributed by atoms with Gasteiger partial charge in [-0.25, -0.2) is 0 Å². The summed E-state index contributed by atoms with van der Waals surface area (Å²) in [5, 5.41) is 0.504. The topological polar surface area (TPSA) is 48.0 Å². The number of rotatable bonds is 7. The van der Waals surface area contributed by atoms with Gasteiger partial charge in [0.25, 0.3) is 0 Å². The van der Waals surface area contributed by atoms with Crippen molar-refractivity contribution in [2.45, 2.75) is 13.5 Å². The number of ether oxygens (including phenoxy) is 3. The molecule has 5 nitrogen and oxygen atoms in total. The van der Waals surface area contributed by atoms with Crippen LogP contribution in [0.3, 0.4) is 0 Å². The summed E-state index contributed by atoms with van der Waals surface area (Å²) in [5.41, 5.74) is 1.37. The van der Waals surface area contributed by atoms with E-state index in [1.54, 1.807) is 37.3 Å². The van der Waals surface area contributed by atoms with Crippen LogP contribution >= 0.6 is 11.6 Å². The summed E-state index contributed by atoms with van der Waals surface area (Å²) in [6, 6.07) is 20.0. The first-order valence-electron chi connectivity index (χ1n) is 9.03. The number of anilines is 1. The zero-order valence-corrected chi connectivity index (χ0v) is 17.3. The standard InChI is InChI=1S/C23H22ClNO4/c1-16(26)25(15-17-13-20(27-2)10-12-22(17)28-3)21-14-18(24)9-11-23(21)29-19-7-5-4-6-8-19/h4-14H,15H2,1-3H3/i16-1. The monoisotopic (exact) mass is 410 g/mol. The number of benzene rings is 3. The highest BCUT2D eigenvalue weighted by Gasteiger charge is 2.20. The fourth-order valence-electron chi connectivity index (χ4n) is 2.95. The van der Waals surface area contributed by atoms with Crippen molar-refractivity contribution >= 4 is 23.2 Å². The first-order chi connectivity index (χ1) is 14.0. The Balaban J connectivity index is 2.02. The Bertz CT molecular complexity index is 991. The predicted molar refractivity (Wildman–Crippen MR) is 114 cm³/mol. The van der Waals surface area contributed by atoms with E-state index in [4.69, 9.17) is 25.8 Å². The van der Waals surface area contributed by atoms with E-state index in [1.807, 2.05) is 48.5 Å². The maximum Gasteiger partial charge on any atom is 0.224 e. The molecular weight excluding hydrogens is 389 g/mol. The third-order valence-electron chi connectivity index (χ3n) is 4.38. The molecule has 0 spiro atoms. The molecule has 0 fully saturated rings. The van der Waals surface area contributed by atoms with E-state index in [0.717, 1.165) is 5.56 Å². The highest BCUT2D eigenvalue weighted by Crippen LogP contribution is 2.37. The highest BCUT2D eigenvalue weighted by molar-refractivity contribution is 6.31. The van der Waals surface area contributed by atoms with Crippen LogP contribution in [-0.4, -0.2) is 20.1 Å². The molecule has 0 aliphatic rings. The molecule has 0 radical (unpaired) electrons. The number of halogens is 1. The van der Waals surface area contributed by atoms with Crippen LogP contribution in [-0.2, 0) is 11.3 Å². The second-order valence-electron chi connectivity index (χ2n) is 6.31. The van der Waals surface area contributed by atoms with Gasteiger partial charge in [0.2, 0.25) is 5.91 Å². The summed E-state index contributed by atoms with van der Waals surface area (Å²) in [6.07, 6.45) is 0. The van der Waals surface area contributed by atoms with Gasteiger partial charge in [0.15, 0.2) is 5.75 Å². The average molecular weight is 411 g/mol. The maximum absolute atomic E-state index is 12.6. The van der Waals surface area contributed by atoms with Crippen molar-refractivity contribution in [2.75, 3.05) is 19.1 Å². The molecule has 0 saturated heterocycles. The minimum atomic E-state index is -0.157. The second kappa shape index (κ2) is 9.34. The Morgan fingerprint density at radius 2 is 1.62 bits per heavy atom. The van der Waals surface area contributed by atoms with Crippen LogP contribution in [0.2, 0.25) is 5.02 Å². The molecule has 0 saturated carbocycles. The SMILES string of the molecule is COc1ccc(OC)c(CN(c2cc(Cl)ccc2Oc2ccccc2)[11C](C)=O)c1. The first-order valence-corrected chi connectivity index (χ1v) is 9.41. The van der Waals surface area contributed by atoms with Crippen molar-refractivity contribution in [3.05, 3.63) is 77.3 Å². The molecule has 0 atom stereocenters. The molecule has 3 aromatic rings. The largest absolute Gasteiger partial charge is 0.497 e. The van der Waals surface area contributed by atoms with Gasteiger partial charge in [0, 0.05) is 17.5 Å². The number of para-hydroxylation sites is 1. The second-order valence-corrected chi connectivity index (χ2v) is 6.75. The normalized spacial score (nSPS) is 10.3. The van der Waals surface area contributed by atoms with Crippen molar-refractivity contribution in [1.82, 2.24) is 0 Å². The Morgan fingerprint density at radius 1 is 0.897 bits per heavy atom. The molecule has 6 heteroatoms. The quantitative estimate of drug-likeness (QED) is 0.501. The zero-order chi connectivity index (χ0) is 20.8. The van der Waals surface area contributed by atoms with Gasteiger partial charge in [-0.05, 0) is 48.5 Å². The van der Waals surface area contributed by atoms with Crippen molar-refractivity contribution in [2.24, 2.45) is 0 Å². The smallest absolute Gasteiger partial charge is 0.224 e.